The van der Waals surface area contributed by atoms with E-state index < -0.39 is 12.7 Å². The molecule has 2 heterocycles. The van der Waals surface area contributed by atoms with Gasteiger partial charge in [0.05, 0.1) is 23.8 Å². The van der Waals surface area contributed by atoms with Crippen LogP contribution < -0.4 is 0 Å². The fourth-order valence-electron chi connectivity index (χ4n) is 3.45. The minimum absolute atomic E-state index is 0.0316. The van der Waals surface area contributed by atoms with Gasteiger partial charge in [0.1, 0.15) is 0 Å². The smallest absolute Gasteiger partial charge is 0.337 e. The number of aryl methyl sites for hydroxylation is 1. The topological polar surface area (TPSA) is 52.2 Å². The normalized spacial score (nSPS) is 20.0. The number of aromatic amines is 1. The van der Waals surface area contributed by atoms with Gasteiger partial charge >= 0.3 is 6.18 Å². The lowest BCUT2D eigenvalue weighted by atomic mass is 10.1. The average molecular weight is 354 g/mol. The molecule has 0 saturated carbocycles. The van der Waals surface area contributed by atoms with E-state index in [-0.39, 0.29) is 24.9 Å². The van der Waals surface area contributed by atoms with Gasteiger partial charge in [0.25, 0.3) is 5.91 Å². The van der Waals surface area contributed by atoms with Crippen LogP contribution in [0.2, 0.25) is 0 Å². The van der Waals surface area contributed by atoms with Crippen molar-refractivity contribution in [3.63, 3.8) is 0 Å². The van der Waals surface area contributed by atoms with Crippen LogP contribution in [-0.4, -0.2) is 64.8 Å². The number of aromatic nitrogens is 2. The standard InChI is InChI=1S/C17H21F3N4O/c1-11-5-13-7-21-22-15(13)14(6-11)16(25)24-4-3-23(8-12(2)9-24)10-17(18,19)20/h5-7,12H,3-4,8-10H2,1-2H3,(H,21,22). The van der Waals surface area contributed by atoms with Crippen molar-refractivity contribution >= 4 is 16.8 Å². The minimum atomic E-state index is -4.22. The summed E-state index contributed by atoms with van der Waals surface area (Å²) in [6.45, 7) is 4.11. The lowest BCUT2D eigenvalue weighted by Gasteiger charge is -2.23. The van der Waals surface area contributed by atoms with Crippen LogP contribution >= 0.6 is 0 Å². The molecular formula is C17H21F3N4O. The van der Waals surface area contributed by atoms with Crippen LogP contribution in [0.5, 0.6) is 0 Å². The van der Waals surface area contributed by atoms with Crippen LogP contribution in [0.15, 0.2) is 18.3 Å². The van der Waals surface area contributed by atoms with E-state index in [0.717, 1.165) is 10.9 Å². The predicted molar refractivity (Wildman–Crippen MR) is 88.4 cm³/mol. The first-order valence-electron chi connectivity index (χ1n) is 8.25. The predicted octanol–water partition coefficient (Wildman–Crippen LogP) is 2.83. The maximum Gasteiger partial charge on any atom is 0.401 e. The lowest BCUT2D eigenvalue weighted by Crippen LogP contribution is -2.38. The molecule has 1 aliphatic rings. The highest BCUT2D eigenvalue weighted by molar-refractivity contribution is 6.05. The lowest BCUT2D eigenvalue weighted by molar-refractivity contribution is -0.146. The van der Waals surface area contributed by atoms with E-state index in [1.165, 1.54) is 4.90 Å². The molecule has 1 fully saturated rings. The Bertz CT molecular complexity index is 771. The maximum absolute atomic E-state index is 13.0. The molecule has 1 aliphatic heterocycles. The number of rotatable bonds is 2. The summed E-state index contributed by atoms with van der Waals surface area (Å²) in [7, 11) is 0. The van der Waals surface area contributed by atoms with Crippen molar-refractivity contribution in [2.45, 2.75) is 20.0 Å². The van der Waals surface area contributed by atoms with Crippen molar-refractivity contribution in [2.24, 2.45) is 5.92 Å². The fourth-order valence-corrected chi connectivity index (χ4v) is 3.45. The van der Waals surface area contributed by atoms with Crippen molar-refractivity contribution in [3.05, 3.63) is 29.5 Å². The van der Waals surface area contributed by atoms with Gasteiger partial charge in [-0.05, 0) is 30.5 Å². The fraction of sp³-hybridized carbons (Fsp3) is 0.529. The number of alkyl halides is 3. The number of hydrogen-bond acceptors (Lipinski definition) is 3. The zero-order valence-electron chi connectivity index (χ0n) is 14.2. The third-order valence-corrected chi connectivity index (χ3v) is 4.40. The van der Waals surface area contributed by atoms with Crippen molar-refractivity contribution in [1.82, 2.24) is 20.0 Å². The number of fused-ring (bicyclic) bond motifs is 1. The number of benzene rings is 1. The average Bonchev–Trinajstić information content (AvgIpc) is 2.88. The number of nitrogens with zero attached hydrogens (tertiary/aromatic N) is 3. The first-order chi connectivity index (χ1) is 11.7. The summed E-state index contributed by atoms with van der Waals surface area (Å²) in [5.41, 5.74) is 2.13. The van der Waals surface area contributed by atoms with E-state index >= 15 is 0 Å². The van der Waals surface area contributed by atoms with E-state index in [1.54, 1.807) is 17.2 Å². The molecule has 1 N–H and O–H groups in total. The van der Waals surface area contributed by atoms with Gasteiger partial charge in [0.2, 0.25) is 0 Å². The summed E-state index contributed by atoms with van der Waals surface area (Å²) in [5, 5.41) is 7.68. The SMILES string of the molecule is Cc1cc(C(=O)N2CCN(CC(F)(F)F)CC(C)C2)c2[nH]ncc2c1. The molecule has 0 spiro atoms. The summed E-state index contributed by atoms with van der Waals surface area (Å²) >= 11 is 0. The first kappa shape index (κ1) is 17.7. The molecule has 1 aromatic carbocycles. The van der Waals surface area contributed by atoms with Gasteiger partial charge < -0.3 is 4.90 Å². The van der Waals surface area contributed by atoms with Gasteiger partial charge in [-0.2, -0.15) is 18.3 Å². The number of nitrogens with one attached hydrogen (secondary N) is 1. The van der Waals surface area contributed by atoms with Gasteiger partial charge in [0, 0.05) is 31.6 Å². The number of hydrogen-bond donors (Lipinski definition) is 1. The Morgan fingerprint density at radius 2 is 2.08 bits per heavy atom. The number of carbonyl (C=O) groups excluding carboxylic acids is 1. The van der Waals surface area contributed by atoms with Crippen LogP contribution in [0.4, 0.5) is 13.2 Å². The van der Waals surface area contributed by atoms with E-state index in [9.17, 15) is 18.0 Å². The molecule has 1 saturated heterocycles. The summed E-state index contributed by atoms with van der Waals surface area (Å²) < 4.78 is 38.0. The molecule has 1 unspecified atom stereocenters. The Kier molecular flexibility index (Phi) is 4.73. The van der Waals surface area contributed by atoms with E-state index in [2.05, 4.69) is 10.2 Å². The minimum Gasteiger partial charge on any atom is -0.337 e. The molecule has 0 aliphatic carbocycles. The second-order valence-corrected chi connectivity index (χ2v) is 6.85. The van der Waals surface area contributed by atoms with E-state index in [4.69, 9.17) is 0 Å². The number of amides is 1. The summed E-state index contributed by atoms with van der Waals surface area (Å²) in [5.74, 6) is -0.200. The Balaban J connectivity index is 1.81. The number of halogens is 3. The molecule has 8 heteroatoms. The summed E-state index contributed by atoms with van der Waals surface area (Å²) in [6.07, 6.45) is -2.56. The van der Waals surface area contributed by atoms with Crippen LogP contribution in [0, 0.1) is 12.8 Å². The maximum atomic E-state index is 13.0. The van der Waals surface area contributed by atoms with Crippen molar-refractivity contribution in [2.75, 3.05) is 32.7 Å². The first-order valence-corrected chi connectivity index (χ1v) is 8.25. The van der Waals surface area contributed by atoms with Gasteiger partial charge in [-0.15, -0.1) is 0 Å². The van der Waals surface area contributed by atoms with Crippen molar-refractivity contribution in [1.29, 1.82) is 0 Å². The molecule has 1 amide bonds. The number of H-pyrrole nitrogens is 1. The molecule has 1 aromatic heterocycles. The Morgan fingerprint density at radius 3 is 2.80 bits per heavy atom. The zero-order valence-corrected chi connectivity index (χ0v) is 14.2. The molecule has 3 rings (SSSR count). The van der Waals surface area contributed by atoms with Crippen LogP contribution in [0.3, 0.4) is 0 Å². The number of carbonyl (C=O) groups is 1. The third-order valence-electron chi connectivity index (χ3n) is 4.40. The van der Waals surface area contributed by atoms with Gasteiger partial charge in [-0.25, -0.2) is 0 Å². The Morgan fingerprint density at radius 1 is 1.32 bits per heavy atom. The second-order valence-electron chi connectivity index (χ2n) is 6.85. The zero-order chi connectivity index (χ0) is 18.2. The van der Waals surface area contributed by atoms with Crippen molar-refractivity contribution < 1.29 is 18.0 Å². The van der Waals surface area contributed by atoms with Gasteiger partial charge in [0.15, 0.2) is 0 Å². The molecular weight excluding hydrogens is 333 g/mol. The molecule has 0 radical (unpaired) electrons. The highest BCUT2D eigenvalue weighted by Crippen LogP contribution is 2.23. The molecule has 1 atom stereocenters. The van der Waals surface area contributed by atoms with Crippen LogP contribution in [-0.2, 0) is 0 Å². The summed E-state index contributed by atoms with van der Waals surface area (Å²) in [4.78, 5) is 16.0. The van der Waals surface area contributed by atoms with Gasteiger partial charge in [-0.1, -0.05) is 6.92 Å². The van der Waals surface area contributed by atoms with Gasteiger partial charge in [-0.3, -0.25) is 14.8 Å². The Hall–Kier alpha value is -2.09. The molecule has 0 bridgehead atoms. The quantitative estimate of drug-likeness (QED) is 0.902. The van der Waals surface area contributed by atoms with E-state index in [1.807, 2.05) is 19.9 Å². The molecule has 136 valence electrons. The molecule has 2 aromatic rings. The monoisotopic (exact) mass is 354 g/mol. The largest absolute Gasteiger partial charge is 0.401 e. The van der Waals surface area contributed by atoms with Crippen LogP contribution in [0.1, 0.15) is 22.8 Å². The van der Waals surface area contributed by atoms with Crippen molar-refractivity contribution in [3.8, 4) is 0 Å². The highest BCUT2D eigenvalue weighted by Gasteiger charge is 2.33. The third kappa shape index (κ3) is 4.12. The highest BCUT2D eigenvalue weighted by atomic mass is 19.4. The molecule has 25 heavy (non-hydrogen) atoms. The second kappa shape index (κ2) is 6.67. The van der Waals surface area contributed by atoms with Crippen LogP contribution in [0.25, 0.3) is 10.9 Å². The molecule has 5 nitrogen and oxygen atoms in total. The summed E-state index contributed by atoms with van der Waals surface area (Å²) in [6, 6.07) is 3.73. The Labute approximate surface area is 143 Å². The van der Waals surface area contributed by atoms with E-state index in [0.29, 0.717) is 24.2 Å².